The van der Waals surface area contributed by atoms with Crippen LogP contribution in [0.2, 0.25) is 0 Å². The zero-order valence-corrected chi connectivity index (χ0v) is 16.9. The Kier molecular flexibility index (Phi) is 4.55. The first-order valence-electron chi connectivity index (χ1n) is 10.4. The number of benzene rings is 2. The number of hydrogen-bond acceptors (Lipinski definition) is 6. The number of hydrogen-bond donors (Lipinski definition) is 1. The molecule has 1 fully saturated rings. The summed E-state index contributed by atoms with van der Waals surface area (Å²) in [6.07, 6.45) is 1.81. The highest BCUT2D eigenvalue weighted by molar-refractivity contribution is 5.90. The zero-order chi connectivity index (χ0) is 20.7. The van der Waals surface area contributed by atoms with Crippen LogP contribution in [0.15, 0.2) is 56.7 Å². The Hall–Kier alpha value is -3.19. The maximum atomic E-state index is 13.1. The van der Waals surface area contributed by atoms with Crippen molar-refractivity contribution in [2.45, 2.75) is 25.7 Å². The van der Waals surface area contributed by atoms with Crippen molar-refractivity contribution in [3.8, 4) is 0 Å². The van der Waals surface area contributed by atoms with Gasteiger partial charge in [0.25, 0.3) is 0 Å². The number of carbonyl (C=O) groups excluding carboxylic acids is 1. The quantitative estimate of drug-likeness (QED) is 0.534. The van der Waals surface area contributed by atoms with E-state index in [-0.39, 0.29) is 16.0 Å². The van der Waals surface area contributed by atoms with Crippen molar-refractivity contribution in [2.24, 2.45) is 4.99 Å². The van der Waals surface area contributed by atoms with Crippen LogP contribution in [0.4, 0.5) is 0 Å². The molecule has 1 aromatic heterocycles. The van der Waals surface area contributed by atoms with Crippen LogP contribution in [0.5, 0.6) is 0 Å². The molecule has 5 rings (SSSR count). The van der Waals surface area contributed by atoms with Crippen LogP contribution in [-0.2, 0) is 9.63 Å². The molecule has 0 saturated carbocycles. The summed E-state index contributed by atoms with van der Waals surface area (Å²) in [5, 5.41) is 4.29. The third-order valence-electron chi connectivity index (χ3n) is 6.02. The average molecular weight is 406 g/mol. The Morgan fingerprint density at radius 1 is 1.13 bits per heavy atom. The molecule has 0 bridgehead atoms. The molecule has 2 unspecified atom stereocenters. The summed E-state index contributed by atoms with van der Waals surface area (Å²) in [4.78, 5) is 36.6. The smallest absolute Gasteiger partial charge is 0.374 e. The molecule has 2 atom stereocenters. The van der Waals surface area contributed by atoms with E-state index in [4.69, 9.17) is 9.25 Å². The highest BCUT2D eigenvalue weighted by Gasteiger charge is 2.45. The average Bonchev–Trinajstić information content (AvgIpc) is 2.78. The van der Waals surface area contributed by atoms with Crippen LogP contribution in [0.3, 0.4) is 0 Å². The summed E-state index contributed by atoms with van der Waals surface area (Å²) >= 11 is 0. The number of fused-ring (bicyclic) bond motifs is 3. The highest BCUT2D eigenvalue weighted by atomic mass is 16.7. The fraction of sp³-hybridized carbons (Fsp3) is 0.348. The molecule has 30 heavy (non-hydrogen) atoms. The van der Waals surface area contributed by atoms with Crippen molar-refractivity contribution in [3.63, 3.8) is 0 Å². The number of hydroxylamine groups is 3. The van der Waals surface area contributed by atoms with Crippen LogP contribution >= 0.6 is 0 Å². The molecule has 0 aliphatic carbocycles. The van der Waals surface area contributed by atoms with Crippen molar-refractivity contribution in [1.82, 2.24) is 5.32 Å². The minimum absolute atomic E-state index is 0.0955. The molecule has 1 N–H and O–H groups in total. The summed E-state index contributed by atoms with van der Waals surface area (Å²) in [6, 6.07) is 12.5. The third-order valence-corrected chi connectivity index (χ3v) is 6.02. The first kappa shape index (κ1) is 18.8. The molecule has 2 aromatic carbocycles. The van der Waals surface area contributed by atoms with Crippen LogP contribution in [0, 0.1) is 0 Å². The lowest BCUT2D eigenvalue weighted by molar-refractivity contribution is -1.02. The lowest BCUT2D eigenvalue weighted by Crippen LogP contribution is -2.65. The molecule has 1 saturated heterocycles. The number of guanidine groups is 1. The molecule has 2 aliphatic rings. The summed E-state index contributed by atoms with van der Waals surface area (Å²) in [5.41, 5.74) is 1.70. The Balaban J connectivity index is 1.47. The second kappa shape index (κ2) is 7.25. The number of nitrogens with one attached hydrogen (secondary N) is 1. The molecule has 7 heteroatoms. The van der Waals surface area contributed by atoms with Gasteiger partial charge in [-0.2, -0.15) is 0 Å². The summed E-state index contributed by atoms with van der Waals surface area (Å²) in [5.74, 6) is -0.0885. The molecule has 0 radical (unpaired) electrons. The van der Waals surface area contributed by atoms with Gasteiger partial charge in [-0.15, -0.1) is 0 Å². The van der Waals surface area contributed by atoms with Crippen molar-refractivity contribution in [2.75, 3.05) is 26.2 Å². The van der Waals surface area contributed by atoms with Gasteiger partial charge in [0.2, 0.25) is 5.43 Å². The van der Waals surface area contributed by atoms with E-state index in [1.165, 1.54) is 0 Å². The van der Waals surface area contributed by atoms with Gasteiger partial charge in [-0.25, -0.2) is 9.79 Å². The minimum Gasteiger partial charge on any atom is -0.456 e. The molecule has 0 spiro atoms. The van der Waals surface area contributed by atoms with E-state index >= 15 is 0 Å². The normalized spacial score (nSPS) is 22.1. The number of nitrogens with zero attached hydrogens (tertiary/aromatic N) is 2. The second-order valence-corrected chi connectivity index (χ2v) is 7.99. The Morgan fingerprint density at radius 2 is 1.93 bits per heavy atom. The topological polar surface area (TPSA) is 80.9 Å². The van der Waals surface area contributed by atoms with E-state index in [9.17, 15) is 9.59 Å². The van der Waals surface area contributed by atoms with Crippen molar-refractivity contribution < 1.29 is 18.7 Å². The predicted octanol–water partition coefficient (Wildman–Crippen LogP) is 3.08. The SMILES string of the molecule is CC(C(=O)O[N+]12CCCN=C1NCCC2)c1ccc2oc3ccccc3c(=O)c2c1. The molecule has 7 nitrogen and oxygen atoms in total. The van der Waals surface area contributed by atoms with Gasteiger partial charge in [0.1, 0.15) is 24.3 Å². The van der Waals surface area contributed by atoms with Gasteiger partial charge in [0, 0.05) is 19.4 Å². The summed E-state index contributed by atoms with van der Waals surface area (Å²) in [7, 11) is 0. The van der Waals surface area contributed by atoms with Gasteiger partial charge < -0.3 is 9.73 Å². The largest absolute Gasteiger partial charge is 0.456 e. The summed E-state index contributed by atoms with van der Waals surface area (Å²) in [6.45, 7) is 4.88. The molecular formula is C23H24N3O4+. The molecule has 0 amide bonds. The zero-order valence-electron chi connectivity index (χ0n) is 16.9. The van der Waals surface area contributed by atoms with E-state index in [0.29, 0.717) is 21.9 Å². The maximum Gasteiger partial charge on any atom is 0.374 e. The Bertz CT molecular complexity index is 1230. The lowest BCUT2D eigenvalue weighted by Gasteiger charge is -2.39. The van der Waals surface area contributed by atoms with Gasteiger partial charge in [0.15, 0.2) is 0 Å². The van der Waals surface area contributed by atoms with E-state index in [1.807, 2.05) is 25.1 Å². The van der Waals surface area contributed by atoms with Gasteiger partial charge in [-0.3, -0.25) is 9.63 Å². The standard InChI is InChI=1S/C23H24N3O4/c1-15(22(28)30-26-12-4-10-24-23(26)25-11-5-13-26)16-8-9-20-18(14-16)21(27)17-6-2-3-7-19(17)29-20/h2-3,6-9,14-15H,4-5,10-13H2,1H3,(H,24,25)/q+1. The number of para-hydroxylation sites is 1. The van der Waals surface area contributed by atoms with Crippen LogP contribution < -0.4 is 10.7 Å². The van der Waals surface area contributed by atoms with Gasteiger partial charge >= 0.3 is 11.9 Å². The molecule has 2 aliphatic heterocycles. The minimum atomic E-state index is -0.516. The highest BCUT2D eigenvalue weighted by Crippen LogP contribution is 2.27. The maximum absolute atomic E-state index is 13.1. The second-order valence-electron chi connectivity index (χ2n) is 7.99. The van der Waals surface area contributed by atoms with Gasteiger partial charge in [0.05, 0.1) is 23.2 Å². The Morgan fingerprint density at radius 3 is 2.83 bits per heavy atom. The lowest BCUT2D eigenvalue weighted by atomic mass is 9.99. The number of rotatable bonds is 3. The van der Waals surface area contributed by atoms with E-state index in [2.05, 4.69) is 10.3 Å². The Labute approximate surface area is 173 Å². The van der Waals surface area contributed by atoms with Gasteiger partial charge in [-0.05, 0) is 36.8 Å². The number of quaternary nitrogens is 1. The summed E-state index contributed by atoms with van der Waals surface area (Å²) < 4.78 is 6.01. The first-order chi connectivity index (χ1) is 14.6. The van der Waals surface area contributed by atoms with E-state index in [0.717, 1.165) is 50.5 Å². The fourth-order valence-electron chi connectivity index (χ4n) is 4.31. The molecule has 3 aromatic rings. The van der Waals surface area contributed by atoms with Crippen LogP contribution in [-0.4, -0.2) is 42.8 Å². The van der Waals surface area contributed by atoms with Crippen molar-refractivity contribution in [3.05, 3.63) is 58.3 Å². The van der Waals surface area contributed by atoms with E-state index in [1.54, 1.807) is 24.3 Å². The predicted molar refractivity (Wildman–Crippen MR) is 114 cm³/mol. The molecule has 154 valence electrons. The van der Waals surface area contributed by atoms with E-state index < -0.39 is 5.92 Å². The first-order valence-corrected chi connectivity index (χ1v) is 10.4. The van der Waals surface area contributed by atoms with Crippen molar-refractivity contribution >= 4 is 33.9 Å². The fourth-order valence-corrected chi connectivity index (χ4v) is 4.31. The number of carbonyl (C=O) groups is 1. The molecular weight excluding hydrogens is 382 g/mol. The third kappa shape index (κ3) is 3.06. The van der Waals surface area contributed by atoms with Crippen molar-refractivity contribution in [1.29, 1.82) is 0 Å². The van der Waals surface area contributed by atoms with Crippen LogP contribution in [0.25, 0.3) is 21.9 Å². The molecule has 3 heterocycles. The van der Waals surface area contributed by atoms with Gasteiger partial charge in [-0.1, -0.05) is 22.8 Å². The van der Waals surface area contributed by atoms with Crippen LogP contribution in [0.1, 0.15) is 31.2 Å². The number of aliphatic imine (C=N–C) groups is 1. The monoisotopic (exact) mass is 406 g/mol.